The van der Waals surface area contributed by atoms with Crippen molar-refractivity contribution in [3.63, 3.8) is 0 Å². The number of nitrogens with one attached hydrogen (secondary N) is 2. The molecule has 1 aromatic rings. The number of guanidine groups is 1. The number of piperidine rings is 1. The second-order valence-electron chi connectivity index (χ2n) is 5.25. The van der Waals surface area contributed by atoms with Gasteiger partial charge in [-0.2, -0.15) is 0 Å². The minimum Gasteiger partial charge on any atom is -0.357 e. The van der Waals surface area contributed by atoms with E-state index in [9.17, 15) is 0 Å². The summed E-state index contributed by atoms with van der Waals surface area (Å²) in [6.45, 7) is 8.82. The quantitative estimate of drug-likeness (QED) is 0.631. The molecule has 0 bridgehead atoms. The third kappa shape index (κ3) is 4.88. The Balaban J connectivity index is 1.90. The van der Waals surface area contributed by atoms with Crippen LogP contribution in [0, 0.1) is 5.92 Å². The summed E-state index contributed by atoms with van der Waals surface area (Å²) >= 11 is 0. The van der Waals surface area contributed by atoms with E-state index in [1.54, 1.807) is 12.4 Å². The molecule has 2 heterocycles. The van der Waals surface area contributed by atoms with Gasteiger partial charge in [-0.1, -0.05) is 0 Å². The average Bonchev–Trinajstić information content (AvgIpc) is 2.54. The lowest BCUT2D eigenvalue weighted by Crippen LogP contribution is -2.40. The highest BCUT2D eigenvalue weighted by atomic mass is 15.3. The van der Waals surface area contributed by atoms with Gasteiger partial charge in [0.1, 0.15) is 0 Å². The highest BCUT2D eigenvalue weighted by molar-refractivity contribution is 5.79. The van der Waals surface area contributed by atoms with Crippen molar-refractivity contribution in [3.8, 4) is 0 Å². The molecular formula is C15H26N6. The topological polar surface area (TPSA) is 65.4 Å². The molecule has 0 saturated carbocycles. The number of hydrogen-bond acceptors (Lipinski definition) is 4. The van der Waals surface area contributed by atoms with Crippen molar-refractivity contribution in [1.29, 1.82) is 0 Å². The predicted octanol–water partition coefficient (Wildman–Crippen LogP) is 1.27. The number of hydrogen-bond donors (Lipinski definition) is 2. The fourth-order valence-corrected chi connectivity index (χ4v) is 2.58. The van der Waals surface area contributed by atoms with E-state index in [1.165, 1.54) is 12.8 Å². The Morgan fingerprint density at radius 1 is 1.29 bits per heavy atom. The van der Waals surface area contributed by atoms with Crippen LogP contribution < -0.4 is 15.5 Å². The largest absolute Gasteiger partial charge is 0.357 e. The molecule has 6 heteroatoms. The molecule has 1 aromatic heterocycles. The molecule has 0 spiro atoms. The minimum atomic E-state index is 0.565. The smallest absolute Gasteiger partial charge is 0.225 e. The van der Waals surface area contributed by atoms with E-state index in [0.717, 1.165) is 44.6 Å². The number of aromatic nitrogens is 2. The van der Waals surface area contributed by atoms with E-state index < -0.39 is 0 Å². The Morgan fingerprint density at radius 3 is 2.67 bits per heavy atom. The first kappa shape index (κ1) is 15.5. The molecule has 0 radical (unpaired) electrons. The van der Waals surface area contributed by atoms with Crippen LogP contribution in [0.3, 0.4) is 0 Å². The summed E-state index contributed by atoms with van der Waals surface area (Å²) < 4.78 is 0. The summed E-state index contributed by atoms with van der Waals surface area (Å²) in [5, 5.41) is 6.53. The Labute approximate surface area is 127 Å². The van der Waals surface area contributed by atoms with E-state index in [0.29, 0.717) is 5.92 Å². The van der Waals surface area contributed by atoms with Crippen LogP contribution in [0.2, 0.25) is 0 Å². The van der Waals surface area contributed by atoms with Gasteiger partial charge in [0, 0.05) is 45.1 Å². The standard InChI is InChI=1S/C15H26N6/c1-3-16-14(17-4-2)20-11-13-7-5-10-21(12-13)15-18-8-6-9-19-15/h6,8-9,13H,3-5,7,10-12H2,1-2H3,(H2,16,17,20). The highest BCUT2D eigenvalue weighted by Gasteiger charge is 2.21. The molecule has 6 nitrogen and oxygen atoms in total. The molecule has 21 heavy (non-hydrogen) atoms. The average molecular weight is 290 g/mol. The minimum absolute atomic E-state index is 0.565. The van der Waals surface area contributed by atoms with Crippen LogP contribution in [0.1, 0.15) is 26.7 Å². The number of anilines is 1. The van der Waals surface area contributed by atoms with Gasteiger partial charge < -0.3 is 15.5 Å². The zero-order valence-corrected chi connectivity index (χ0v) is 13.0. The SMILES string of the molecule is CCNC(=NCC1CCCN(c2ncccn2)C1)NCC. The molecule has 1 fully saturated rings. The van der Waals surface area contributed by atoms with Crippen LogP contribution in [0.4, 0.5) is 5.95 Å². The van der Waals surface area contributed by atoms with Gasteiger partial charge in [0.2, 0.25) is 5.95 Å². The second-order valence-corrected chi connectivity index (χ2v) is 5.25. The molecule has 1 aliphatic rings. The molecule has 1 aliphatic heterocycles. The first-order valence-electron chi connectivity index (χ1n) is 7.87. The zero-order chi connectivity index (χ0) is 14.9. The number of nitrogens with zero attached hydrogens (tertiary/aromatic N) is 4. The Bertz CT molecular complexity index is 425. The lowest BCUT2D eigenvalue weighted by Gasteiger charge is -2.32. The monoisotopic (exact) mass is 290 g/mol. The Kier molecular flexibility index (Phi) is 6.24. The molecule has 1 unspecified atom stereocenters. The van der Waals surface area contributed by atoms with Gasteiger partial charge in [0.15, 0.2) is 5.96 Å². The molecule has 2 N–H and O–H groups in total. The number of rotatable bonds is 5. The maximum absolute atomic E-state index is 4.68. The molecule has 0 amide bonds. The first-order chi connectivity index (χ1) is 10.3. The molecular weight excluding hydrogens is 264 g/mol. The van der Waals surface area contributed by atoms with E-state index in [1.807, 2.05) is 6.07 Å². The summed E-state index contributed by atoms with van der Waals surface area (Å²) in [6.07, 6.45) is 6.01. The van der Waals surface area contributed by atoms with E-state index in [2.05, 4.69) is 44.3 Å². The van der Waals surface area contributed by atoms with Gasteiger partial charge in [-0.25, -0.2) is 9.97 Å². The summed E-state index contributed by atoms with van der Waals surface area (Å²) in [7, 11) is 0. The van der Waals surface area contributed by atoms with Gasteiger partial charge in [-0.15, -0.1) is 0 Å². The summed E-state index contributed by atoms with van der Waals surface area (Å²) in [5.74, 6) is 2.31. The molecule has 0 aliphatic carbocycles. The molecule has 116 valence electrons. The van der Waals surface area contributed by atoms with Crippen molar-refractivity contribution < 1.29 is 0 Å². The van der Waals surface area contributed by atoms with Crippen molar-refractivity contribution in [1.82, 2.24) is 20.6 Å². The molecule has 1 saturated heterocycles. The van der Waals surface area contributed by atoms with Crippen molar-refractivity contribution in [2.75, 3.05) is 37.6 Å². The van der Waals surface area contributed by atoms with Gasteiger partial charge in [0.25, 0.3) is 0 Å². The first-order valence-corrected chi connectivity index (χ1v) is 7.87. The van der Waals surface area contributed by atoms with E-state index in [-0.39, 0.29) is 0 Å². The van der Waals surface area contributed by atoms with Crippen LogP contribution in [0.25, 0.3) is 0 Å². The zero-order valence-electron chi connectivity index (χ0n) is 13.0. The summed E-state index contributed by atoms with van der Waals surface area (Å²) in [4.78, 5) is 15.6. The summed E-state index contributed by atoms with van der Waals surface area (Å²) in [5.41, 5.74) is 0. The third-order valence-corrected chi connectivity index (χ3v) is 3.55. The van der Waals surface area contributed by atoms with Gasteiger partial charge in [0.05, 0.1) is 0 Å². The van der Waals surface area contributed by atoms with Crippen molar-refractivity contribution >= 4 is 11.9 Å². The Morgan fingerprint density at radius 2 is 2.00 bits per heavy atom. The van der Waals surface area contributed by atoms with Gasteiger partial charge in [-0.05, 0) is 38.7 Å². The highest BCUT2D eigenvalue weighted by Crippen LogP contribution is 2.20. The molecule has 0 aromatic carbocycles. The van der Waals surface area contributed by atoms with Crippen LogP contribution in [-0.2, 0) is 0 Å². The molecule has 2 rings (SSSR count). The predicted molar refractivity (Wildman–Crippen MR) is 86.6 cm³/mol. The molecule has 1 atom stereocenters. The van der Waals surface area contributed by atoms with Gasteiger partial charge in [-0.3, -0.25) is 4.99 Å². The van der Waals surface area contributed by atoms with Crippen LogP contribution in [0.15, 0.2) is 23.5 Å². The fraction of sp³-hybridized carbons (Fsp3) is 0.667. The lowest BCUT2D eigenvalue weighted by molar-refractivity contribution is 0.419. The fourth-order valence-electron chi connectivity index (χ4n) is 2.58. The van der Waals surface area contributed by atoms with Crippen molar-refractivity contribution in [2.45, 2.75) is 26.7 Å². The summed E-state index contributed by atoms with van der Waals surface area (Å²) in [6, 6.07) is 1.86. The maximum atomic E-state index is 4.68. The maximum Gasteiger partial charge on any atom is 0.225 e. The van der Waals surface area contributed by atoms with E-state index >= 15 is 0 Å². The van der Waals surface area contributed by atoms with Crippen LogP contribution in [0.5, 0.6) is 0 Å². The normalized spacial score (nSPS) is 18.2. The number of aliphatic imine (C=N–C) groups is 1. The van der Waals surface area contributed by atoms with Gasteiger partial charge >= 0.3 is 0 Å². The van der Waals surface area contributed by atoms with Crippen LogP contribution >= 0.6 is 0 Å². The van der Waals surface area contributed by atoms with Crippen molar-refractivity contribution in [2.24, 2.45) is 10.9 Å². The van der Waals surface area contributed by atoms with E-state index in [4.69, 9.17) is 0 Å². The second kappa shape index (κ2) is 8.44. The lowest BCUT2D eigenvalue weighted by atomic mass is 9.98. The Hall–Kier alpha value is -1.85. The van der Waals surface area contributed by atoms with Crippen LogP contribution in [-0.4, -0.2) is 48.7 Å². The third-order valence-electron chi connectivity index (χ3n) is 3.55. The van der Waals surface area contributed by atoms with Crippen molar-refractivity contribution in [3.05, 3.63) is 18.5 Å².